The average Bonchev–Trinajstić information content (AvgIpc) is 1.38. The van der Waals surface area contributed by atoms with Crippen LogP contribution in [0.4, 0.5) is 0 Å². The molecule has 28 aromatic rings. The summed E-state index contributed by atoms with van der Waals surface area (Å²) in [6.07, 6.45) is 20.9. The Balaban J connectivity index is 0.0000000976. The Hall–Kier alpha value is -17.2. The molecule has 0 saturated heterocycles. The quantitative estimate of drug-likeness (QED) is 0.110. The Kier molecular flexibility index (Phi) is 20.4. The molecule has 0 unspecified atom stereocenters. The van der Waals surface area contributed by atoms with E-state index in [1.54, 1.807) is 124 Å². The maximum atomic E-state index is 6.11. The van der Waals surface area contributed by atoms with Crippen LogP contribution in [0, 0.1) is 41.5 Å². The lowest BCUT2D eigenvalue weighted by Crippen LogP contribution is -2.01. The topological polar surface area (TPSA) is 388 Å². The molecular weight excluding hydrogens is 1850 g/mol. The fourth-order valence-electron chi connectivity index (χ4n) is 17.0. The Morgan fingerprint density at radius 1 is 0.167 bits per heavy atom. The van der Waals surface area contributed by atoms with E-state index in [2.05, 4.69) is 114 Å². The Morgan fingerprint density at radius 3 is 0.543 bits per heavy atom. The second kappa shape index (κ2) is 34.1. The van der Waals surface area contributed by atoms with Gasteiger partial charge in [-0.25, -0.2) is 120 Å². The summed E-state index contributed by atoms with van der Waals surface area (Å²) < 4.78 is 36.0. The first-order valence-electron chi connectivity index (χ1n) is 43.0. The van der Waals surface area contributed by atoms with E-state index in [0.717, 1.165) is 176 Å². The number of rotatable bonds is 12. The van der Waals surface area contributed by atoms with E-state index in [9.17, 15) is 0 Å². The van der Waals surface area contributed by atoms with Crippen LogP contribution in [0.25, 0.3) is 262 Å². The molecule has 660 valence electrons. The molecule has 0 saturated carbocycles. The molecule has 0 radical (unpaired) electrons. The first-order chi connectivity index (χ1) is 67.8. The van der Waals surface area contributed by atoms with Crippen LogP contribution in [0.5, 0.6) is 0 Å². The van der Waals surface area contributed by atoms with Gasteiger partial charge in [-0.3, -0.25) is 0 Å². The highest BCUT2D eigenvalue weighted by Gasteiger charge is 2.32. The number of pyridine rings is 12. The second-order valence-corrected chi connectivity index (χ2v) is 37.6. The second-order valence-electron chi connectivity index (χ2n) is 31.8. The van der Waals surface area contributed by atoms with E-state index in [1.807, 2.05) is 203 Å². The minimum absolute atomic E-state index is 0.412. The number of nitrogens with zero attached hydrogens (tertiary/aromatic N) is 24. The van der Waals surface area contributed by atoms with Crippen molar-refractivity contribution in [2.75, 3.05) is 0 Å². The van der Waals surface area contributed by atoms with E-state index < -0.39 is 0 Å². The summed E-state index contributed by atoms with van der Waals surface area (Å²) in [6, 6.07) is 57.7. The molecule has 0 atom stereocenters. The lowest BCUT2D eigenvalue weighted by molar-refractivity contribution is 0.600. The molecule has 0 amide bonds. The van der Waals surface area contributed by atoms with E-state index in [1.165, 1.54) is 0 Å². The maximum Gasteiger partial charge on any atom is 0.247 e. The summed E-state index contributed by atoms with van der Waals surface area (Å²) in [7, 11) is 0. The number of fused-ring (bicyclic) bond motifs is 12. The van der Waals surface area contributed by atoms with Gasteiger partial charge in [0.05, 0.1) is 0 Å². The van der Waals surface area contributed by atoms with Gasteiger partial charge in [-0.2, -0.15) is 0 Å². The van der Waals surface area contributed by atoms with Crippen molar-refractivity contribution in [2.45, 2.75) is 41.5 Å². The van der Waals surface area contributed by atoms with Crippen LogP contribution in [-0.4, -0.2) is 120 Å². The smallest absolute Gasteiger partial charge is 0.247 e. The lowest BCUT2D eigenvalue weighted by Gasteiger charge is -2.19. The first kappa shape index (κ1) is 82.7. The van der Waals surface area contributed by atoms with Crippen LogP contribution >= 0.6 is 68.0 Å². The van der Waals surface area contributed by atoms with Crippen LogP contribution in [0.3, 0.4) is 0 Å². The molecule has 24 heterocycles. The molecule has 0 bridgehead atoms. The van der Waals surface area contributed by atoms with Crippen LogP contribution in [-0.2, 0) is 0 Å². The van der Waals surface area contributed by atoms with Crippen molar-refractivity contribution < 1.29 is 26.5 Å². The lowest BCUT2D eigenvalue weighted by atomic mass is 9.87. The molecule has 0 aliphatic carbocycles. The molecule has 0 spiro atoms. The Bertz CT molecular complexity index is 7820. The van der Waals surface area contributed by atoms with Crippen LogP contribution < -0.4 is 0 Å². The molecule has 0 fully saturated rings. The van der Waals surface area contributed by atoms with E-state index >= 15 is 0 Å². The van der Waals surface area contributed by atoms with Crippen LogP contribution in [0.15, 0.2) is 283 Å². The predicted molar refractivity (Wildman–Crippen MR) is 537 cm³/mol. The number of aromatic nitrogens is 24. The minimum Gasteiger partial charge on any atom is -0.418 e. The summed E-state index contributed by atoms with van der Waals surface area (Å²) in [5.41, 5.74) is 29.3. The number of thiazole rings is 6. The molecule has 138 heavy (non-hydrogen) atoms. The van der Waals surface area contributed by atoms with E-state index in [0.29, 0.717) is 119 Å². The highest BCUT2D eigenvalue weighted by Crippen LogP contribution is 2.50. The number of hydrogen-bond acceptors (Lipinski definition) is 36. The van der Waals surface area contributed by atoms with Gasteiger partial charge in [0.2, 0.25) is 69.6 Å². The zero-order valence-corrected chi connectivity index (χ0v) is 77.8. The summed E-state index contributed by atoms with van der Waals surface area (Å²) in [4.78, 5) is 116. The number of hydrogen-bond donors (Lipinski definition) is 0. The van der Waals surface area contributed by atoms with Crippen molar-refractivity contribution >= 4 is 197 Å². The standard InChI is InChI=1S/C27H18N6O3.C27H18N6S3.C24H12N6O3.C24H12N6S3/c2*1-13-19(25-31-16-7-4-10-28-22(16)34-25)14(2)21(27-33-18-9-6-12-30-24(18)36-27)15(3)20(13)26-32-17-8-5-11-29-23(17)35-26;2*1-4-16-22(25-7-1)31-19(28-16)13-10-14(20-29-17-5-2-8-26-23(17)32-20)12-15(11-13)21-30-18-6-3-9-27-24(18)33-21/h2*4-12H,1-3H3;2*1-12H. The van der Waals surface area contributed by atoms with Gasteiger partial charge in [0, 0.05) is 141 Å². The molecule has 28 rings (SSSR count). The molecule has 24 aromatic heterocycles. The fraction of sp³-hybridized carbons (Fsp3) is 0.0588. The van der Waals surface area contributed by atoms with Gasteiger partial charge >= 0.3 is 0 Å². The van der Waals surface area contributed by atoms with Crippen molar-refractivity contribution in [1.29, 1.82) is 0 Å². The van der Waals surface area contributed by atoms with Gasteiger partial charge in [-0.1, -0.05) is 68.0 Å². The Labute approximate surface area is 801 Å². The van der Waals surface area contributed by atoms with Crippen LogP contribution in [0.2, 0.25) is 0 Å². The Morgan fingerprint density at radius 2 is 0.333 bits per heavy atom. The van der Waals surface area contributed by atoms with Gasteiger partial charge in [0.15, 0.2) is 0 Å². The molecule has 30 nitrogen and oxygen atoms in total. The SMILES string of the molecule is Cc1c(-c2nc3cccnc3o2)c(C)c(-c2nc3cccnc3o2)c(C)c1-c1nc2cccnc2o1.Cc1c(-c2nc3cccnc3s2)c(C)c(-c2nc3cccnc3s2)c(C)c1-c1nc2cccnc2s1.c1cnc2oc(-c3cc(-c4nc5cccnc5o4)cc(-c4nc5cccnc5o4)c3)nc2c1.c1cnc2sc(-c3cc(-c4nc5cccnc5s4)cc(-c4nc5cccnc5s4)c3)nc2c1. The zero-order valence-electron chi connectivity index (χ0n) is 72.9. The molecule has 0 aliphatic rings. The third-order valence-electron chi connectivity index (χ3n) is 23.1. The van der Waals surface area contributed by atoms with E-state index in [4.69, 9.17) is 71.4 Å². The summed E-state index contributed by atoms with van der Waals surface area (Å²) in [6.45, 7) is 12.5. The van der Waals surface area contributed by atoms with Crippen molar-refractivity contribution in [3.63, 3.8) is 0 Å². The highest BCUT2D eigenvalue weighted by atomic mass is 32.1. The fourth-order valence-corrected chi connectivity index (χ4v) is 22.9. The third kappa shape index (κ3) is 15.1. The van der Waals surface area contributed by atoms with Gasteiger partial charge in [-0.05, 0) is 257 Å². The summed E-state index contributed by atoms with van der Waals surface area (Å²) in [5.74, 6) is 2.58. The molecule has 0 aliphatic heterocycles. The van der Waals surface area contributed by atoms with E-state index in [-0.39, 0.29) is 0 Å². The van der Waals surface area contributed by atoms with Crippen molar-refractivity contribution in [3.05, 3.63) is 290 Å². The van der Waals surface area contributed by atoms with Gasteiger partial charge < -0.3 is 26.5 Å². The molecule has 4 aromatic carbocycles. The first-order valence-corrected chi connectivity index (χ1v) is 47.9. The number of oxazole rings is 6. The predicted octanol–water partition coefficient (Wildman–Crippen LogP) is 25.8. The van der Waals surface area contributed by atoms with Gasteiger partial charge in [-0.15, -0.1) is 0 Å². The highest BCUT2D eigenvalue weighted by molar-refractivity contribution is 7.23. The number of benzene rings is 4. The third-order valence-corrected chi connectivity index (χ3v) is 29.2. The largest absolute Gasteiger partial charge is 0.418 e. The molecule has 36 heteroatoms. The average molecular weight is 1910 g/mol. The van der Waals surface area contributed by atoms with Crippen LogP contribution in [0.1, 0.15) is 33.4 Å². The summed E-state index contributed by atoms with van der Waals surface area (Å²) in [5, 5.41) is 5.64. The van der Waals surface area contributed by atoms with Gasteiger partial charge in [0.25, 0.3) is 0 Å². The maximum absolute atomic E-state index is 6.11. The molecular formula is C102H60N24O6S6. The van der Waals surface area contributed by atoms with Gasteiger partial charge in [0.1, 0.15) is 125 Å². The summed E-state index contributed by atoms with van der Waals surface area (Å²) >= 11 is 9.63. The molecule has 0 N–H and O–H groups in total. The normalized spacial score (nSPS) is 11.7. The monoisotopic (exact) mass is 1910 g/mol. The zero-order chi connectivity index (χ0) is 92.3. The van der Waals surface area contributed by atoms with Crippen molar-refractivity contribution in [1.82, 2.24) is 120 Å². The minimum atomic E-state index is 0.412. The van der Waals surface area contributed by atoms with Crippen molar-refractivity contribution in [3.8, 4) is 132 Å². The van der Waals surface area contributed by atoms with Crippen molar-refractivity contribution in [2.24, 2.45) is 0 Å².